The number of fused-ring (bicyclic) bond motifs is 1. The van der Waals surface area contributed by atoms with Crippen molar-refractivity contribution in [2.75, 3.05) is 6.61 Å². The molecule has 0 bridgehead atoms. The Morgan fingerprint density at radius 1 is 1.41 bits per heavy atom. The fraction of sp³-hybridized carbons (Fsp3) is 0.250. The predicted octanol–water partition coefficient (Wildman–Crippen LogP) is 2.06. The summed E-state index contributed by atoms with van der Waals surface area (Å²) in [6, 6.07) is 7.74. The minimum Gasteiger partial charge on any atom is -0.494 e. The molecule has 1 unspecified atom stereocenters. The Morgan fingerprint density at radius 3 is 3.00 bits per heavy atom. The van der Waals surface area contributed by atoms with E-state index in [0.29, 0.717) is 11.5 Å². The lowest BCUT2D eigenvalue weighted by Gasteiger charge is -2.24. The van der Waals surface area contributed by atoms with Crippen LogP contribution in [-0.2, 0) is 0 Å². The van der Waals surface area contributed by atoms with Gasteiger partial charge in [-0.1, -0.05) is 29.5 Å². The van der Waals surface area contributed by atoms with Crippen molar-refractivity contribution in [2.45, 2.75) is 12.3 Å². The van der Waals surface area contributed by atoms with Crippen molar-refractivity contribution in [3.63, 3.8) is 0 Å². The number of ether oxygens (including phenoxy) is 1. The molecule has 2 heterocycles. The molecular formula is C12H11NO3S. The summed E-state index contributed by atoms with van der Waals surface area (Å²) in [5, 5.41) is 9.72. The zero-order chi connectivity index (χ0) is 11.8. The average Bonchev–Trinajstić information content (AvgIpc) is 2.68. The first-order valence-corrected chi connectivity index (χ1v) is 6.21. The lowest BCUT2D eigenvalue weighted by Crippen LogP contribution is -2.14. The summed E-state index contributed by atoms with van der Waals surface area (Å²) >= 11 is 1.07. The van der Waals surface area contributed by atoms with E-state index in [1.807, 2.05) is 24.3 Å². The van der Waals surface area contributed by atoms with Gasteiger partial charge in [0.25, 0.3) is 0 Å². The zero-order valence-electron chi connectivity index (χ0n) is 8.97. The van der Waals surface area contributed by atoms with E-state index in [1.165, 1.54) is 0 Å². The molecule has 0 saturated carbocycles. The molecule has 0 spiro atoms. The van der Waals surface area contributed by atoms with Crippen molar-refractivity contribution in [3.05, 3.63) is 44.4 Å². The van der Waals surface area contributed by atoms with Crippen LogP contribution in [0.2, 0.25) is 0 Å². The highest BCUT2D eigenvalue weighted by Crippen LogP contribution is 2.41. The van der Waals surface area contributed by atoms with Crippen molar-refractivity contribution in [2.24, 2.45) is 0 Å². The van der Waals surface area contributed by atoms with Crippen LogP contribution in [0.25, 0.3) is 0 Å². The third-order valence-corrected chi connectivity index (χ3v) is 3.92. The summed E-state index contributed by atoms with van der Waals surface area (Å²) in [6.07, 6.45) is 0.776. The molecule has 0 fully saturated rings. The van der Waals surface area contributed by atoms with E-state index in [0.717, 1.165) is 29.1 Å². The first-order chi connectivity index (χ1) is 8.25. The molecule has 5 heteroatoms. The van der Waals surface area contributed by atoms with Crippen molar-refractivity contribution < 1.29 is 9.84 Å². The van der Waals surface area contributed by atoms with Gasteiger partial charge in [-0.25, -0.2) is 0 Å². The minimum absolute atomic E-state index is 0.0123. The Morgan fingerprint density at radius 2 is 2.24 bits per heavy atom. The molecule has 1 atom stereocenters. The summed E-state index contributed by atoms with van der Waals surface area (Å²) in [5.74, 6) is 0.870. The number of thiazole rings is 1. The first-order valence-electron chi connectivity index (χ1n) is 5.39. The molecule has 1 aliphatic rings. The minimum atomic E-state index is -0.221. The molecular weight excluding hydrogens is 238 g/mol. The SMILES string of the molecule is O=c1[nH]c(O)c(C2CCOc3ccccc32)s1. The molecule has 88 valence electrons. The molecule has 1 aromatic heterocycles. The maximum Gasteiger partial charge on any atom is 0.307 e. The normalized spacial score (nSPS) is 18.5. The van der Waals surface area contributed by atoms with Gasteiger partial charge in [0.2, 0.25) is 5.88 Å². The standard InChI is InChI=1S/C12H11NO3S/c14-11-10(17-12(15)13-11)8-5-6-16-9-4-2-1-3-7(8)9/h1-4,8,14H,5-6H2,(H,13,15). The van der Waals surface area contributed by atoms with Gasteiger partial charge in [0.15, 0.2) is 0 Å². The third kappa shape index (κ3) is 1.72. The van der Waals surface area contributed by atoms with Crippen LogP contribution < -0.4 is 9.61 Å². The van der Waals surface area contributed by atoms with Gasteiger partial charge in [-0.15, -0.1) is 0 Å². The zero-order valence-corrected chi connectivity index (χ0v) is 9.79. The largest absolute Gasteiger partial charge is 0.494 e. The van der Waals surface area contributed by atoms with Crippen LogP contribution in [0.15, 0.2) is 29.1 Å². The maximum absolute atomic E-state index is 11.2. The number of aromatic amines is 1. The molecule has 0 saturated heterocycles. The molecule has 2 N–H and O–H groups in total. The van der Waals surface area contributed by atoms with E-state index in [4.69, 9.17) is 4.74 Å². The van der Waals surface area contributed by atoms with Crippen LogP contribution >= 0.6 is 11.3 Å². The molecule has 1 aromatic carbocycles. The molecule has 4 nitrogen and oxygen atoms in total. The summed E-state index contributed by atoms with van der Waals surface area (Å²) in [4.78, 5) is 14.1. The molecule has 2 aromatic rings. The molecule has 1 aliphatic heterocycles. The maximum atomic E-state index is 11.2. The van der Waals surface area contributed by atoms with Gasteiger partial charge in [-0.05, 0) is 12.5 Å². The van der Waals surface area contributed by atoms with Gasteiger partial charge in [-0.2, -0.15) is 0 Å². The van der Waals surface area contributed by atoms with Crippen LogP contribution in [0.1, 0.15) is 22.8 Å². The summed E-state index contributed by atoms with van der Waals surface area (Å²) in [5.41, 5.74) is 1.03. The van der Waals surface area contributed by atoms with Crippen molar-refractivity contribution in [1.82, 2.24) is 4.98 Å². The van der Waals surface area contributed by atoms with Crippen molar-refractivity contribution in [3.8, 4) is 11.6 Å². The lowest BCUT2D eigenvalue weighted by atomic mass is 9.92. The Kier molecular flexibility index (Phi) is 2.40. The van der Waals surface area contributed by atoms with Gasteiger partial charge in [0.05, 0.1) is 11.5 Å². The molecule has 3 rings (SSSR count). The number of aromatic nitrogens is 1. The second-order valence-electron chi connectivity index (χ2n) is 3.95. The Hall–Kier alpha value is -1.75. The van der Waals surface area contributed by atoms with Crippen molar-refractivity contribution in [1.29, 1.82) is 0 Å². The Bertz CT molecular complexity index is 602. The lowest BCUT2D eigenvalue weighted by molar-refractivity contribution is 0.276. The highest BCUT2D eigenvalue weighted by Gasteiger charge is 2.26. The average molecular weight is 249 g/mol. The second kappa shape index (κ2) is 3.92. The fourth-order valence-electron chi connectivity index (χ4n) is 2.18. The number of aromatic hydroxyl groups is 1. The van der Waals surface area contributed by atoms with Crippen LogP contribution in [0.3, 0.4) is 0 Å². The molecule has 0 radical (unpaired) electrons. The van der Waals surface area contributed by atoms with Gasteiger partial charge >= 0.3 is 4.87 Å². The van der Waals surface area contributed by atoms with Gasteiger partial charge in [0, 0.05) is 11.5 Å². The number of para-hydroxylation sites is 1. The molecule has 17 heavy (non-hydrogen) atoms. The van der Waals surface area contributed by atoms with Crippen LogP contribution in [0.5, 0.6) is 11.6 Å². The van der Waals surface area contributed by atoms with Crippen LogP contribution in [-0.4, -0.2) is 16.7 Å². The number of hydrogen-bond donors (Lipinski definition) is 2. The Labute approximate surface area is 102 Å². The smallest absolute Gasteiger partial charge is 0.307 e. The number of hydrogen-bond acceptors (Lipinski definition) is 4. The Balaban J connectivity index is 2.12. The highest BCUT2D eigenvalue weighted by atomic mass is 32.1. The van der Waals surface area contributed by atoms with Crippen LogP contribution in [0, 0.1) is 0 Å². The monoisotopic (exact) mass is 249 g/mol. The van der Waals surface area contributed by atoms with E-state index in [-0.39, 0.29) is 16.7 Å². The number of H-pyrrole nitrogens is 1. The second-order valence-corrected chi connectivity index (χ2v) is 4.97. The third-order valence-electron chi connectivity index (χ3n) is 2.93. The molecule has 0 amide bonds. The van der Waals surface area contributed by atoms with Gasteiger partial charge < -0.3 is 9.84 Å². The highest BCUT2D eigenvalue weighted by molar-refractivity contribution is 7.09. The quantitative estimate of drug-likeness (QED) is 0.813. The first kappa shape index (κ1) is 10.4. The summed E-state index contributed by atoms with van der Waals surface area (Å²) in [7, 11) is 0. The van der Waals surface area contributed by atoms with E-state index < -0.39 is 0 Å². The van der Waals surface area contributed by atoms with E-state index in [2.05, 4.69) is 4.98 Å². The fourth-order valence-corrected chi connectivity index (χ4v) is 3.06. The predicted molar refractivity (Wildman–Crippen MR) is 65.0 cm³/mol. The topological polar surface area (TPSA) is 62.3 Å². The number of rotatable bonds is 1. The van der Waals surface area contributed by atoms with Gasteiger partial charge in [0.1, 0.15) is 5.75 Å². The summed E-state index contributed by atoms with van der Waals surface area (Å²) < 4.78 is 5.56. The summed E-state index contributed by atoms with van der Waals surface area (Å²) in [6.45, 7) is 0.604. The van der Waals surface area contributed by atoms with Crippen LogP contribution in [0.4, 0.5) is 0 Å². The molecule has 0 aliphatic carbocycles. The number of nitrogens with one attached hydrogen (secondary N) is 1. The van der Waals surface area contributed by atoms with E-state index >= 15 is 0 Å². The number of benzene rings is 1. The van der Waals surface area contributed by atoms with E-state index in [1.54, 1.807) is 0 Å². The van der Waals surface area contributed by atoms with E-state index in [9.17, 15) is 9.90 Å². The van der Waals surface area contributed by atoms with Crippen molar-refractivity contribution >= 4 is 11.3 Å². The van der Waals surface area contributed by atoms with Gasteiger partial charge in [-0.3, -0.25) is 9.78 Å².